The van der Waals surface area contributed by atoms with Gasteiger partial charge in [-0.05, 0) is 60.7 Å². The molecule has 1 aliphatic carbocycles. The predicted molar refractivity (Wildman–Crippen MR) is 77.5 cm³/mol. The Balaban J connectivity index is 2.23. The van der Waals surface area contributed by atoms with Gasteiger partial charge in [-0.2, -0.15) is 0 Å². The highest BCUT2D eigenvalue weighted by molar-refractivity contribution is 9.10. The van der Waals surface area contributed by atoms with Gasteiger partial charge in [-0.15, -0.1) is 0 Å². The lowest BCUT2D eigenvalue weighted by Gasteiger charge is -2.27. The Morgan fingerprint density at radius 3 is 2.72 bits per heavy atom. The first-order valence-electron chi connectivity index (χ1n) is 6.35. The summed E-state index contributed by atoms with van der Waals surface area (Å²) in [5.74, 6) is 0.757. The molecule has 1 saturated carbocycles. The van der Waals surface area contributed by atoms with Crippen molar-refractivity contribution in [3.63, 3.8) is 0 Å². The Kier molecular flexibility index (Phi) is 3.95. The summed E-state index contributed by atoms with van der Waals surface area (Å²) in [6, 6.07) is 5.65. The zero-order chi connectivity index (χ0) is 13.3. The molecule has 0 radical (unpaired) electrons. The standard InChI is InChI=1S/C14H19BrN2O/c1-9(2)17(8-10-6-7-10)14(18)11-4-3-5-12(16)13(11)15/h3-5,9-10H,6-8,16H2,1-2H3. The molecule has 1 aromatic carbocycles. The van der Waals surface area contributed by atoms with Crippen LogP contribution in [0.1, 0.15) is 37.0 Å². The molecule has 3 nitrogen and oxygen atoms in total. The molecule has 18 heavy (non-hydrogen) atoms. The van der Waals surface area contributed by atoms with Crippen LogP contribution in [0, 0.1) is 5.92 Å². The molecule has 1 amide bonds. The molecule has 0 spiro atoms. The van der Waals surface area contributed by atoms with Gasteiger partial charge in [-0.1, -0.05) is 6.07 Å². The minimum atomic E-state index is 0.0658. The van der Waals surface area contributed by atoms with E-state index in [0.29, 0.717) is 21.6 Å². The van der Waals surface area contributed by atoms with Crippen LogP contribution in [0.25, 0.3) is 0 Å². The molecular formula is C14H19BrN2O. The molecule has 0 saturated heterocycles. The molecule has 0 unspecified atom stereocenters. The number of anilines is 1. The van der Waals surface area contributed by atoms with Crippen LogP contribution in [-0.2, 0) is 0 Å². The lowest BCUT2D eigenvalue weighted by Crippen LogP contribution is -2.38. The molecule has 1 aliphatic rings. The van der Waals surface area contributed by atoms with E-state index in [9.17, 15) is 4.79 Å². The lowest BCUT2D eigenvalue weighted by atomic mass is 10.1. The van der Waals surface area contributed by atoms with E-state index in [-0.39, 0.29) is 11.9 Å². The van der Waals surface area contributed by atoms with E-state index in [1.165, 1.54) is 12.8 Å². The van der Waals surface area contributed by atoms with Crippen LogP contribution in [0.15, 0.2) is 22.7 Å². The van der Waals surface area contributed by atoms with Gasteiger partial charge in [0.15, 0.2) is 0 Å². The largest absolute Gasteiger partial charge is 0.398 e. The van der Waals surface area contributed by atoms with Gasteiger partial charge in [-0.3, -0.25) is 4.79 Å². The molecule has 0 heterocycles. The van der Waals surface area contributed by atoms with Gasteiger partial charge in [-0.25, -0.2) is 0 Å². The highest BCUT2D eigenvalue weighted by Crippen LogP contribution is 2.32. The van der Waals surface area contributed by atoms with Crippen molar-refractivity contribution in [1.82, 2.24) is 4.90 Å². The Hall–Kier alpha value is -1.03. The number of hydrogen-bond donors (Lipinski definition) is 1. The second kappa shape index (κ2) is 5.31. The van der Waals surface area contributed by atoms with Crippen LogP contribution in [0.4, 0.5) is 5.69 Å². The number of nitrogen functional groups attached to an aromatic ring is 1. The van der Waals surface area contributed by atoms with E-state index in [1.54, 1.807) is 6.07 Å². The summed E-state index contributed by atoms with van der Waals surface area (Å²) < 4.78 is 0.705. The number of hydrogen-bond acceptors (Lipinski definition) is 2. The third kappa shape index (κ3) is 2.86. The van der Waals surface area contributed by atoms with Crippen LogP contribution in [-0.4, -0.2) is 23.4 Å². The smallest absolute Gasteiger partial charge is 0.255 e. The fourth-order valence-electron chi connectivity index (χ4n) is 1.98. The van der Waals surface area contributed by atoms with Gasteiger partial charge >= 0.3 is 0 Å². The van der Waals surface area contributed by atoms with Crippen molar-refractivity contribution in [3.05, 3.63) is 28.2 Å². The zero-order valence-electron chi connectivity index (χ0n) is 10.8. The molecule has 4 heteroatoms. The minimum Gasteiger partial charge on any atom is -0.398 e. The monoisotopic (exact) mass is 310 g/mol. The number of carbonyl (C=O) groups excluding carboxylic acids is 1. The van der Waals surface area contributed by atoms with Crippen molar-refractivity contribution in [1.29, 1.82) is 0 Å². The summed E-state index contributed by atoms with van der Waals surface area (Å²) in [5.41, 5.74) is 7.09. The zero-order valence-corrected chi connectivity index (χ0v) is 12.4. The molecule has 0 atom stereocenters. The predicted octanol–water partition coefficient (Wildman–Crippen LogP) is 3.29. The van der Waals surface area contributed by atoms with Crippen LogP contribution < -0.4 is 5.73 Å². The normalized spacial score (nSPS) is 14.9. The SMILES string of the molecule is CC(C)N(CC1CC1)C(=O)c1cccc(N)c1Br. The molecule has 2 N–H and O–H groups in total. The first-order valence-corrected chi connectivity index (χ1v) is 7.15. The van der Waals surface area contributed by atoms with Crippen molar-refractivity contribution < 1.29 is 4.79 Å². The second-order valence-corrected chi connectivity index (χ2v) is 6.00. The average Bonchev–Trinajstić information content (AvgIpc) is 3.12. The van der Waals surface area contributed by atoms with Crippen molar-refractivity contribution >= 4 is 27.5 Å². The first kappa shape index (κ1) is 13.4. The fraction of sp³-hybridized carbons (Fsp3) is 0.500. The van der Waals surface area contributed by atoms with E-state index >= 15 is 0 Å². The number of amides is 1. The molecule has 2 rings (SSSR count). The molecule has 0 aromatic heterocycles. The van der Waals surface area contributed by atoms with Crippen LogP contribution in [0.2, 0.25) is 0 Å². The Labute approximate surface area is 116 Å². The first-order chi connectivity index (χ1) is 8.50. The third-order valence-electron chi connectivity index (χ3n) is 3.30. The maximum atomic E-state index is 12.6. The topological polar surface area (TPSA) is 46.3 Å². The fourth-order valence-corrected chi connectivity index (χ4v) is 2.41. The Bertz CT molecular complexity index is 455. The number of nitrogens with two attached hydrogens (primary N) is 1. The molecule has 0 bridgehead atoms. The number of nitrogens with zero attached hydrogens (tertiary/aromatic N) is 1. The molecule has 1 fully saturated rings. The summed E-state index contributed by atoms with van der Waals surface area (Å²) in [4.78, 5) is 14.5. The minimum absolute atomic E-state index is 0.0658. The maximum Gasteiger partial charge on any atom is 0.255 e. The molecule has 98 valence electrons. The van der Waals surface area contributed by atoms with E-state index in [1.807, 2.05) is 17.0 Å². The summed E-state index contributed by atoms with van der Waals surface area (Å²) in [6.45, 7) is 4.97. The quantitative estimate of drug-likeness (QED) is 0.867. The average molecular weight is 311 g/mol. The van der Waals surface area contributed by atoms with Gasteiger partial charge in [0.25, 0.3) is 5.91 Å². The van der Waals surface area contributed by atoms with Crippen LogP contribution in [0.5, 0.6) is 0 Å². The lowest BCUT2D eigenvalue weighted by molar-refractivity contribution is 0.0695. The van der Waals surface area contributed by atoms with E-state index < -0.39 is 0 Å². The van der Waals surface area contributed by atoms with Crippen molar-refractivity contribution in [2.75, 3.05) is 12.3 Å². The van der Waals surface area contributed by atoms with Gasteiger partial charge in [0.05, 0.1) is 10.0 Å². The number of benzene rings is 1. The van der Waals surface area contributed by atoms with Crippen molar-refractivity contribution in [2.45, 2.75) is 32.7 Å². The van der Waals surface area contributed by atoms with Crippen LogP contribution in [0.3, 0.4) is 0 Å². The van der Waals surface area contributed by atoms with E-state index in [4.69, 9.17) is 5.73 Å². The van der Waals surface area contributed by atoms with Crippen molar-refractivity contribution in [2.24, 2.45) is 5.92 Å². The molecule has 1 aromatic rings. The number of halogens is 1. The Morgan fingerprint density at radius 2 is 2.17 bits per heavy atom. The number of carbonyl (C=O) groups is 1. The third-order valence-corrected chi connectivity index (χ3v) is 4.18. The highest BCUT2D eigenvalue weighted by atomic mass is 79.9. The van der Waals surface area contributed by atoms with E-state index in [2.05, 4.69) is 29.8 Å². The van der Waals surface area contributed by atoms with Gasteiger partial charge in [0.2, 0.25) is 0 Å². The molecular weight excluding hydrogens is 292 g/mol. The maximum absolute atomic E-state index is 12.6. The molecule has 0 aliphatic heterocycles. The van der Waals surface area contributed by atoms with Gasteiger partial charge in [0, 0.05) is 18.3 Å². The summed E-state index contributed by atoms with van der Waals surface area (Å²) in [5, 5.41) is 0. The summed E-state index contributed by atoms with van der Waals surface area (Å²) >= 11 is 3.41. The van der Waals surface area contributed by atoms with E-state index in [0.717, 1.165) is 6.54 Å². The van der Waals surface area contributed by atoms with Crippen LogP contribution >= 0.6 is 15.9 Å². The number of rotatable bonds is 4. The van der Waals surface area contributed by atoms with Gasteiger partial charge in [0.1, 0.15) is 0 Å². The second-order valence-electron chi connectivity index (χ2n) is 5.20. The summed E-state index contributed by atoms with van der Waals surface area (Å²) in [7, 11) is 0. The Morgan fingerprint density at radius 1 is 1.50 bits per heavy atom. The highest BCUT2D eigenvalue weighted by Gasteiger charge is 2.29. The summed E-state index contributed by atoms with van der Waals surface area (Å²) in [6.07, 6.45) is 2.49. The van der Waals surface area contributed by atoms with Gasteiger partial charge < -0.3 is 10.6 Å². The van der Waals surface area contributed by atoms with Crippen molar-refractivity contribution in [3.8, 4) is 0 Å².